The van der Waals surface area contributed by atoms with E-state index in [2.05, 4.69) is 37.1 Å². The van der Waals surface area contributed by atoms with Crippen LogP contribution < -0.4 is 0 Å². The van der Waals surface area contributed by atoms with Gasteiger partial charge in [0.1, 0.15) is 0 Å². The van der Waals surface area contributed by atoms with E-state index in [0.717, 1.165) is 21.2 Å². The van der Waals surface area contributed by atoms with Crippen LogP contribution >= 0.6 is 35.0 Å². The smallest absolute Gasteiger partial charge is 0.0837 e. The number of rotatable bonds is 8. The van der Waals surface area contributed by atoms with E-state index in [-0.39, 0.29) is 6.61 Å². The highest BCUT2D eigenvalue weighted by atomic mass is 35.5. The molecule has 0 atom stereocenters. The molecule has 0 bridgehead atoms. The van der Waals surface area contributed by atoms with Gasteiger partial charge in [-0.05, 0) is 48.2 Å². The van der Waals surface area contributed by atoms with Gasteiger partial charge in [0, 0.05) is 27.2 Å². The van der Waals surface area contributed by atoms with Crippen LogP contribution in [-0.2, 0) is 13.2 Å². The predicted molar refractivity (Wildman–Crippen MR) is 118 cm³/mol. The molecular formula is C22H25Cl2NOS. The zero-order chi connectivity index (χ0) is 20.0. The summed E-state index contributed by atoms with van der Waals surface area (Å²) < 4.78 is 2.16. The van der Waals surface area contributed by atoms with Crippen molar-refractivity contribution in [2.45, 2.75) is 49.8 Å². The largest absolute Gasteiger partial charge is 0.390 e. The Hall–Kier alpha value is -1.39. The Morgan fingerprint density at radius 1 is 1.22 bits per heavy atom. The maximum Gasteiger partial charge on any atom is 0.0837 e. The molecular weight excluding hydrogens is 397 g/mol. The fourth-order valence-electron chi connectivity index (χ4n) is 2.85. The number of halogens is 2. The summed E-state index contributed by atoms with van der Waals surface area (Å²) in [5.41, 5.74) is 3.19. The molecule has 0 fully saturated rings. The van der Waals surface area contributed by atoms with Gasteiger partial charge in [-0.15, -0.1) is 0 Å². The van der Waals surface area contributed by atoms with Crippen LogP contribution in [0.15, 0.2) is 70.6 Å². The fraction of sp³-hybridized carbons (Fsp3) is 0.273. The summed E-state index contributed by atoms with van der Waals surface area (Å²) in [6.45, 7) is 10.7. The van der Waals surface area contributed by atoms with Crippen LogP contribution in [0.2, 0.25) is 10.0 Å². The van der Waals surface area contributed by atoms with Crippen molar-refractivity contribution in [3.63, 3.8) is 0 Å². The predicted octanol–water partition coefficient (Wildman–Crippen LogP) is 7.25. The molecule has 0 saturated carbocycles. The second-order valence-corrected chi connectivity index (χ2v) is 8.41. The lowest BCUT2D eigenvalue weighted by Gasteiger charge is -2.15. The first-order valence-corrected chi connectivity index (χ1v) is 10.4. The van der Waals surface area contributed by atoms with Gasteiger partial charge in [-0.2, -0.15) is 0 Å². The summed E-state index contributed by atoms with van der Waals surface area (Å²) in [6.07, 6.45) is 7.83. The molecule has 0 radical (unpaired) electrons. The van der Waals surface area contributed by atoms with E-state index in [1.54, 1.807) is 23.9 Å². The Labute approximate surface area is 176 Å². The molecule has 2 aromatic rings. The van der Waals surface area contributed by atoms with E-state index in [4.69, 9.17) is 23.2 Å². The van der Waals surface area contributed by atoms with Crippen molar-refractivity contribution in [2.75, 3.05) is 0 Å². The summed E-state index contributed by atoms with van der Waals surface area (Å²) >= 11 is 14.0. The van der Waals surface area contributed by atoms with Gasteiger partial charge in [-0.25, -0.2) is 0 Å². The Morgan fingerprint density at radius 3 is 2.41 bits per heavy atom. The standard InChI is InChI=1S/C22H25Cl2NOS/c1-5-7-16(8-6-2)13-25-19(14-26)12-21(15(3)4)22(25)27-20-10-17(23)9-18(24)11-20/h5-12,15,26H,1,13-14H2,2-4H3/b8-6-,16-7+. The third kappa shape index (κ3) is 5.79. The van der Waals surface area contributed by atoms with Gasteiger partial charge in [0.25, 0.3) is 0 Å². The first kappa shape index (κ1) is 21.9. The number of benzene rings is 1. The lowest BCUT2D eigenvalue weighted by Crippen LogP contribution is -2.06. The number of hydrogen-bond donors (Lipinski definition) is 1. The fourth-order valence-corrected chi connectivity index (χ4v) is 4.80. The van der Waals surface area contributed by atoms with Crippen molar-refractivity contribution in [3.05, 3.63) is 82.0 Å². The molecule has 27 heavy (non-hydrogen) atoms. The Balaban J connectivity index is 2.57. The molecule has 0 saturated heterocycles. The molecule has 1 heterocycles. The summed E-state index contributed by atoms with van der Waals surface area (Å²) in [5, 5.41) is 12.2. The number of allylic oxidation sites excluding steroid dienone is 5. The van der Waals surface area contributed by atoms with Crippen LogP contribution in [0.25, 0.3) is 0 Å². The monoisotopic (exact) mass is 421 g/mol. The average Bonchev–Trinajstić information content (AvgIpc) is 2.92. The third-order valence-electron chi connectivity index (χ3n) is 4.05. The van der Waals surface area contributed by atoms with Gasteiger partial charge in [0.05, 0.1) is 11.6 Å². The van der Waals surface area contributed by atoms with Crippen LogP contribution in [0.3, 0.4) is 0 Å². The molecule has 1 aromatic heterocycles. The summed E-state index contributed by atoms with van der Waals surface area (Å²) in [7, 11) is 0. The van der Waals surface area contributed by atoms with Crippen LogP contribution in [0, 0.1) is 0 Å². The van der Waals surface area contributed by atoms with Gasteiger partial charge in [-0.3, -0.25) is 0 Å². The maximum absolute atomic E-state index is 9.94. The molecule has 2 rings (SSSR count). The second kappa shape index (κ2) is 10.2. The Kier molecular flexibility index (Phi) is 8.30. The second-order valence-electron chi connectivity index (χ2n) is 6.48. The molecule has 0 aliphatic carbocycles. The lowest BCUT2D eigenvalue weighted by atomic mass is 10.1. The Bertz CT molecular complexity index is 845. The molecule has 0 spiro atoms. The van der Waals surface area contributed by atoms with Crippen molar-refractivity contribution in [3.8, 4) is 0 Å². The topological polar surface area (TPSA) is 25.2 Å². The minimum atomic E-state index is -0.0200. The molecule has 1 aromatic carbocycles. The molecule has 2 nitrogen and oxygen atoms in total. The van der Waals surface area contributed by atoms with Gasteiger partial charge < -0.3 is 9.67 Å². The molecule has 0 unspecified atom stereocenters. The first-order valence-electron chi connectivity index (χ1n) is 8.81. The number of nitrogens with zero attached hydrogens (tertiary/aromatic N) is 1. The van der Waals surface area contributed by atoms with Gasteiger partial charge >= 0.3 is 0 Å². The van der Waals surface area contributed by atoms with Gasteiger partial charge in [0.2, 0.25) is 0 Å². The third-order valence-corrected chi connectivity index (χ3v) is 5.61. The summed E-state index contributed by atoms with van der Waals surface area (Å²) in [5.74, 6) is 0.322. The van der Waals surface area contributed by atoms with Crippen LogP contribution in [0.1, 0.15) is 37.9 Å². The molecule has 5 heteroatoms. The van der Waals surface area contributed by atoms with E-state index in [0.29, 0.717) is 22.5 Å². The van der Waals surface area contributed by atoms with Crippen molar-refractivity contribution >= 4 is 35.0 Å². The highest BCUT2D eigenvalue weighted by molar-refractivity contribution is 7.99. The number of aromatic nitrogens is 1. The normalized spacial score (nSPS) is 12.3. The molecule has 1 N–H and O–H groups in total. The number of aliphatic hydroxyl groups excluding tert-OH is 1. The quantitative estimate of drug-likeness (QED) is 0.453. The van der Waals surface area contributed by atoms with E-state index in [1.165, 1.54) is 5.56 Å². The minimum Gasteiger partial charge on any atom is -0.390 e. The van der Waals surface area contributed by atoms with Gasteiger partial charge in [0.15, 0.2) is 0 Å². The van der Waals surface area contributed by atoms with Crippen molar-refractivity contribution < 1.29 is 5.11 Å². The average molecular weight is 422 g/mol. The van der Waals surface area contributed by atoms with Crippen LogP contribution in [0.5, 0.6) is 0 Å². The van der Waals surface area contributed by atoms with E-state index in [9.17, 15) is 5.11 Å². The van der Waals surface area contributed by atoms with Crippen molar-refractivity contribution in [2.24, 2.45) is 0 Å². The van der Waals surface area contributed by atoms with Crippen LogP contribution in [-0.4, -0.2) is 9.67 Å². The maximum atomic E-state index is 9.94. The number of aliphatic hydroxyl groups is 1. The van der Waals surface area contributed by atoms with Gasteiger partial charge in [-0.1, -0.05) is 79.7 Å². The molecule has 0 aliphatic heterocycles. The lowest BCUT2D eigenvalue weighted by molar-refractivity contribution is 0.270. The molecule has 0 amide bonds. The van der Waals surface area contributed by atoms with Crippen molar-refractivity contribution in [1.29, 1.82) is 0 Å². The van der Waals surface area contributed by atoms with E-state index >= 15 is 0 Å². The zero-order valence-corrected chi connectivity index (χ0v) is 18.2. The SMILES string of the molecule is C=C/C=C(\C=C/C)Cn1c(CO)cc(C(C)C)c1Sc1cc(Cl)cc(Cl)c1. The minimum absolute atomic E-state index is 0.0200. The first-order chi connectivity index (χ1) is 12.9. The summed E-state index contributed by atoms with van der Waals surface area (Å²) in [6, 6.07) is 7.63. The highest BCUT2D eigenvalue weighted by Gasteiger charge is 2.19. The number of hydrogen-bond acceptors (Lipinski definition) is 2. The van der Waals surface area contributed by atoms with Crippen molar-refractivity contribution in [1.82, 2.24) is 4.57 Å². The highest BCUT2D eigenvalue weighted by Crippen LogP contribution is 2.39. The Morgan fingerprint density at radius 2 is 1.89 bits per heavy atom. The zero-order valence-electron chi connectivity index (χ0n) is 15.9. The molecule has 0 aliphatic rings. The van der Waals surface area contributed by atoms with E-state index < -0.39 is 0 Å². The van der Waals surface area contributed by atoms with E-state index in [1.807, 2.05) is 31.2 Å². The summed E-state index contributed by atoms with van der Waals surface area (Å²) in [4.78, 5) is 0.971. The van der Waals surface area contributed by atoms with Crippen LogP contribution in [0.4, 0.5) is 0 Å². The molecule has 144 valence electrons.